The molecule has 0 saturated heterocycles. The van der Waals surface area contributed by atoms with Gasteiger partial charge in [0, 0.05) is 11.3 Å². The molecule has 0 saturated carbocycles. The molecule has 24 heavy (non-hydrogen) atoms. The molecule has 1 aromatic heterocycles. The number of rotatable bonds is 12. The zero-order valence-electron chi connectivity index (χ0n) is 14.7. The number of carbonyl (C=O) groups is 1. The van der Waals surface area contributed by atoms with E-state index < -0.39 is 12.2 Å². The molecule has 136 valence electrons. The predicted molar refractivity (Wildman–Crippen MR) is 99.1 cm³/mol. The van der Waals surface area contributed by atoms with Gasteiger partial charge in [-0.15, -0.1) is 11.3 Å². The summed E-state index contributed by atoms with van der Waals surface area (Å²) < 4.78 is 4.55. The summed E-state index contributed by atoms with van der Waals surface area (Å²) in [6.45, 7) is 2.21. The minimum Gasteiger partial charge on any atom is -0.469 e. The molecule has 0 amide bonds. The molecular formula is C19H30O4S. The number of aliphatic hydroxyl groups excluding tert-OH is 2. The molecule has 0 unspecified atom stereocenters. The molecule has 2 atom stereocenters. The van der Waals surface area contributed by atoms with Crippen LogP contribution >= 0.6 is 11.3 Å². The maximum Gasteiger partial charge on any atom is 0.305 e. The number of methoxy groups -OCH3 is 1. The molecule has 0 spiro atoms. The monoisotopic (exact) mass is 354 g/mol. The molecule has 1 aromatic rings. The lowest BCUT2D eigenvalue weighted by Crippen LogP contribution is -2.23. The lowest BCUT2D eigenvalue weighted by molar-refractivity contribution is -0.140. The van der Waals surface area contributed by atoms with Gasteiger partial charge in [0.2, 0.25) is 0 Å². The topological polar surface area (TPSA) is 66.8 Å². The summed E-state index contributed by atoms with van der Waals surface area (Å²) in [4.78, 5) is 12.4. The van der Waals surface area contributed by atoms with Gasteiger partial charge in [-0.05, 0) is 42.7 Å². The number of hydrogen-bond donors (Lipinski definition) is 2. The average molecular weight is 355 g/mol. The van der Waals surface area contributed by atoms with Gasteiger partial charge < -0.3 is 14.9 Å². The van der Waals surface area contributed by atoms with Gasteiger partial charge in [-0.25, -0.2) is 0 Å². The fourth-order valence-corrected chi connectivity index (χ4v) is 3.39. The summed E-state index contributed by atoms with van der Waals surface area (Å²) in [5.41, 5.74) is 1.12. The SMILES string of the molecule is CCCCCCc1sccc1/C=C/[C@@H](O)[C@@H](O)CCCC(=O)OC. The minimum absolute atomic E-state index is 0.260. The maximum atomic E-state index is 11.0. The molecular weight excluding hydrogens is 324 g/mol. The number of ether oxygens (including phenoxy) is 1. The standard InChI is InChI=1S/C19H30O4S/c1-3-4-5-6-9-18-15(13-14-24-18)11-12-17(21)16(20)8-7-10-19(22)23-2/h11-14,16-17,20-21H,3-10H2,1-2H3/b12-11+/t16-,17+/m0/s1. The van der Waals surface area contributed by atoms with Crippen molar-refractivity contribution in [2.45, 2.75) is 70.5 Å². The van der Waals surface area contributed by atoms with Crippen LogP contribution in [0.25, 0.3) is 6.08 Å². The highest BCUT2D eigenvalue weighted by Gasteiger charge is 2.14. The van der Waals surface area contributed by atoms with Crippen LogP contribution in [0, 0.1) is 0 Å². The second-order valence-corrected chi connectivity index (χ2v) is 7.00. The quantitative estimate of drug-likeness (QED) is 0.440. The zero-order valence-corrected chi connectivity index (χ0v) is 15.6. The first-order chi connectivity index (χ1) is 11.6. The van der Waals surface area contributed by atoms with E-state index in [-0.39, 0.29) is 12.4 Å². The Labute approximate surface area is 149 Å². The van der Waals surface area contributed by atoms with Crippen molar-refractivity contribution in [3.8, 4) is 0 Å². The third kappa shape index (κ3) is 8.08. The Morgan fingerprint density at radius 1 is 1.29 bits per heavy atom. The number of thiophene rings is 1. The Morgan fingerprint density at radius 2 is 2.08 bits per heavy atom. The van der Waals surface area contributed by atoms with Gasteiger partial charge >= 0.3 is 5.97 Å². The number of unbranched alkanes of at least 4 members (excludes halogenated alkanes) is 3. The molecule has 0 aromatic carbocycles. The van der Waals surface area contributed by atoms with Crippen LogP contribution in [0.1, 0.15) is 62.3 Å². The average Bonchev–Trinajstić information content (AvgIpc) is 3.03. The molecule has 0 fully saturated rings. The number of hydrogen-bond acceptors (Lipinski definition) is 5. The Morgan fingerprint density at radius 3 is 2.79 bits per heavy atom. The summed E-state index contributed by atoms with van der Waals surface area (Å²) in [5.74, 6) is -0.293. The van der Waals surface area contributed by atoms with E-state index in [0.717, 1.165) is 12.0 Å². The predicted octanol–water partition coefficient (Wildman–Crippen LogP) is 3.95. The molecule has 0 radical (unpaired) electrons. The van der Waals surface area contributed by atoms with E-state index in [1.165, 1.54) is 37.7 Å². The van der Waals surface area contributed by atoms with E-state index in [2.05, 4.69) is 17.0 Å². The van der Waals surface area contributed by atoms with Crippen molar-refractivity contribution in [3.05, 3.63) is 28.0 Å². The second-order valence-electron chi connectivity index (χ2n) is 6.00. The van der Waals surface area contributed by atoms with Crippen LogP contribution < -0.4 is 0 Å². The maximum absolute atomic E-state index is 11.0. The Balaban J connectivity index is 2.41. The van der Waals surface area contributed by atoms with E-state index in [0.29, 0.717) is 12.8 Å². The fraction of sp³-hybridized carbons (Fsp3) is 0.632. The molecule has 4 nitrogen and oxygen atoms in total. The van der Waals surface area contributed by atoms with Gasteiger partial charge in [-0.2, -0.15) is 0 Å². The van der Waals surface area contributed by atoms with Crippen LogP contribution in [0.4, 0.5) is 0 Å². The first-order valence-corrected chi connectivity index (χ1v) is 9.64. The van der Waals surface area contributed by atoms with Crippen molar-refractivity contribution in [1.82, 2.24) is 0 Å². The molecule has 1 rings (SSSR count). The fourth-order valence-electron chi connectivity index (χ4n) is 2.47. The van der Waals surface area contributed by atoms with Gasteiger partial charge in [0.05, 0.1) is 19.3 Å². The second kappa shape index (κ2) is 12.2. The third-order valence-electron chi connectivity index (χ3n) is 4.01. The van der Waals surface area contributed by atoms with E-state index in [9.17, 15) is 15.0 Å². The van der Waals surface area contributed by atoms with Crippen molar-refractivity contribution in [2.75, 3.05) is 7.11 Å². The van der Waals surface area contributed by atoms with Crippen LogP contribution in [-0.2, 0) is 16.0 Å². The summed E-state index contributed by atoms with van der Waals surface area (Å²) in [7, 11) is 1.34. The number of carbonyl (C=O) groups excluding carboxylic acids is 1. The third-order valence-corrected chi connectivity index (χ3v) is 5.01. The summed E-state index contributed by atoms with van der Waals surface area (Å²) in [5, 5.41) is 22.0. The van der Waals surface area contributed by atoms with Gasteiger partial charge in [-0.3, -0.25) is 4.79 Å². The molecule has 0 aliphatic rings. The van der Waals surface area contributed by atoms with Gasteiger partial charge in [0.25, 0.3) is 0 Å². The van der Waals surface area contributed by atoms with Crippen molar-refractivity contribution in [1.29, 1.82) is 0 Å². The lowest BCUT2D eigenvalue weighted by atomic mass is 10.0. The number of aryl methyl sites for hydroxylation is 1. The lowest BCUT2D eigenvalue weighted by Gasteiger charge is -2.14. The van der Waals surface area contributed by atoms with E-state index in [4.69, 9.17) is 0 Å². The van der Waals surface area contributed by atoms with Crippen LogP contribution in [0.2, 0.25) is 0 Å². The highest BCUT2D eigenvalue weighted by molar-refractivity contribution is 7.10. The summed E-state index contributed by atoms with van der Waals surface area (Å²) in [6, 6.07) is 2.05. The number of esters is 1. The Bertz CT molecular complexity index is 495. The molecule has 5 heteroatoms. The van der Waals surface area contributed by atoms with E-state index >= 15 is 0 Å². The molecule has 0 aliphatic heterocycles. The van der Waals surface area contributed by atoms with E-state index in [1.807, 2.05) is 12.1 Å². The van der Waals surface area contributed by atoms with Crippen LogP contribution in [-0.4, -0.2) is 35.5 Å². The van der Waals surface area contributed by atoms with Crippen molar-refractivity contribution in [2.24, 2.45) is 0 Å². The highest BCUT2D eigenvalue weighted by Crippen LogP contribution is 2.22. The molecule has 0 aliphatic carbocycles. The zero-order chi connectivity index (χ0) is 17.8. The molecule has 2 N–H and O–H groups in total. The first kappa shape index (κ1) is 20.9. The largest absolute Gasteiger partial charge is 0.469 e. The number of aliphatic hydroxyl groups is 2. The van der Waals surface area contributed by atoms with Crippen LogP contribution in [0.15, 0.2) is 17.5 Å². The molecule has 0 bridgehead atoms. The minimum atomic E-state index is -0.921. The summed E-state index contributed by atoms with van der Waals surface area (Å²) in [6.07, 6.45) is 8.88. The van der Waals surface area contributed by atoms with Crippen LogP contribution in [0.5, 0.6) is 0 Å². The van der Waals surface area contributed by atoms with Crippen molar-refractivity contribution < 1.29 is 19.7 Å². The van der Waals surface area contributed by atoms with Crippen molar-refractivity contribution >= 4 is 23.4 Å². The van der Waals surface area contributed by atoms with Gasteiger partial charge in [0.15, 0.2) is 0 Å². The summed E-state index contributed by atoms with van der Waals surface area (Å²) >= 11 is 1.74. The first-order valence-electron chi connectivity index (χ1n) is 8.76. The van der Waals surface area contributed by atoms with E-state index in [1.54, 1.807) is 17.4 Å². The Hall–Kier alpha value is -1.17. The smallest absolute Gasteiger partial charge is 0.305 e. The Kier molecular flexibility index (Phi) is 10.6. The normalized spacial score (nSPS) is 14.0. The van der Waals surface area contributed by atoms with Gasteiger partial charge in [-0.1, -0.05) is 38.3 Å². The van der Waals surface area contributed by atoms with Gasteiger partial charge in [0.1, 0.15) is 0 Å². The molecule has 1 heterocycles. The van der Waals surface area contributed by atoms with Crippen molar-refractivity contribution in [3.63, 3.8) is 0 Å². The highest BCUT2D eigenvalue weighted by atomic mass is 32.1. The van der Waals surface area contributed by atoms with Crippen LogP contribution in [0.3, 0.4) is 0 Å².